The van der Waals surface area contributed by atoms with Crippen LogP contribution in [0.15, 0.2) is 0 Å². The molecular weight excluding hydrogens is 226 g/mol. The Morgan fingerprint density at radius 2 is 1.94 bits per heavy atom. The second-order valence-corrected chi connectivity index (χ2v) is 3.90. The standard InChI is InChI=1S/C10H19N3O4/c1-6(3-2-4-11)9(15)13-7(10(16)17)5-8(12)14/h6-7H,2-5,11H2,1H3,(H2,12,14)(H,13,15)(H,16,17)/t6?,7-/m1/s1. The van der Waals surface area contributed by atoms with Crippen molar-refractivity contribution in [1.29, 1.82) is 0 Å². The van der Waals surface area contributed by atoms with Crippen LogP contribution in [0.4, 0.5) is 0 Å². The highest BCUT2D eigenvalue weighted by Gasteiger charge is 2.24. The van der Waals surface area contributed by atoms with Crippen LogP contribution in [0.5, 0.6) is 0 Å². The lowest BCUT2D eigenvalue weighted by Crippen LogP contribution is -2.45. The van der Waals surface area contributed by atoms with Crippen molar-refractivity contribution in [2.45, 2.75) is 32.2 Å². The number of nitrogens with two attached hydrogens (primary N) is 2. The van der Waals surface area contributed by atoms with Crippen LogP contribution in [-0.2, 0) is 14.4 Å². The van der Waals surface area contributed by atoms with E-state index in [9.17, 15) is 14.4 Å². The topological polar surface area (TPSA) is 136 Å². The van der Waals surface area contributed by atoms with E-state index in [2.05, 4.69) is 5.32 Å². The molecule has 0 bridgehead atoms. The summed E-state index contributed by atoms with van der Waals surface area (Å²) in [7, 11) is 0. The van der Waals surface area contributed by atoms with Crippen LogP contribution in [0.25, 0.3) is 0 Å². The predicted octanol–water partition coefficient (Wildman–Crippen LogP) is -1.19. The Kier molecular flexibility index (Phi) is 6.88. The molecule has 0 saturated heterocycles. The van der Waals surface area contributed by atoms with Gasteiger partial charge in [-0.3, -0.25) is 9.59 Å². The van der Waals surface area contributed by atoms with Crippen molar-refractivity contribution in [2.75, 3.05) is 6.54 Å². The lowest BCUT2D eigenvalue weighted by atomic mass is 10.0. The van der Waals surface area contributed by atoms with Crippen LogP contribution in [0.3, 0.4) is 0 Å². The maximum Gasteiger partial charge on any atom is 0.326 e. The molecule has 98 valence electrons. The second-order valence-electron chi connectivity index (χ2n) is 3.90. The number of amides is 2. The third kappa shape index (κ3) is 6.52. The SMILES string of the molecule is CC(CCCN)C(=O)N[C@H](CC(N)=O)C(=O)O. The van der Waals surface area contributed by atoms with Crippen molar-refractivity contribution in [3.05, 3.63) is 0 Å². The largest absolute Gasteiger partial charge is 0.480 e. The zero-order valence-corrected chi connectivity index (χ0v) is 9.81. The molecule has 7 nitrogen and oxygen atoms in total. The van der Waals surface area contributed by atoms with E-state index >= 15 is 0 Å². The van der Waals surface area contributed by atoms with Crippen molar-refractivity contribution >= 4 is 17.8 Å². The Bertz CT molecular complexity index is 293. The molecule has 1 unspecified atom stereocenters. The Balaban J connectivity index is 4.29. The molecule has 2 atom stereocenters. The molecule has 0 aliphatic heterocycles. The van der Waals surface area contributed by atoms with Crippen LogP contribution in [0, 0.1) is 5.92 Å². The number of carboxylic acids is 1. The molecule has 0 spiro atoms. The maximum atomic E-state index is 11.6. The van der Waals surface area contributed by atoms with Gasteiger partial charge in [0.05, 0.1) is 6.42 Å². The molecular formula is C10H19N3O4. The summed E-state index contributed by atoms with van der Waals surface area (Å²) in [4.78, 5) is 33.0. The lowest BCUT2D eigenvalue weighted by molar-refractivity contribution is -0.143. The van der Waals surface area contributed by atoms with Gasteiger partial charge in [0, 0.05) is 5.92 Å². The summed E-state index contributed by atoms with van der Waals surface area (Å²) >= 11 is 0. The minimum Gasteiger partial charge on any atom is -0.480 e. The number of carboxylic acid groups (broad SMARTS) is 1. The van der Waals surface area contributed by atoms with Gasteiger partial charge < -0.3 is 21.9 Å². The summed E-state index contributed by atoms with van der Waals surface area (Å²) < 4.78 is 0. The third-order valence-electron chi connectivity index (χ3n) is 2.31. The average Bonchev–Trinajstić information content (AvgIpc) is 2.23. The zero-order valence-electron chi connectivity index (χ0n) is 9.81. The quantitative estimate of drug-likeness (QED) is 0.426. The van der Waals surface area contributed by atoms with Gasteiger partial charge >= 0.3 is 5.97 Å². The zero-order chi connectivity index (χ0) is 13.4. The van der Waals surface area contributed by atoms with Gasteiger partial charge in [-0.05, 0) is 19.4 Å². The van der Waals surface area contributed by atoms with E-state index in [0.29, 0.717) is 19.4 Å². The maximum absolute atomic E-state index is 11.6. The van der Waals surface area contributed by atoms with E-state index in [1.807, 2.05) is 0 Å². The minimum atomic E-state index is -1.27. The molecule has 0 rings (SSSR count). The van der Waals surface area contributed by atoms with Gasteiger partial charge in [0.15, 0.2) is 0 Å². The number of rotatable bonds is 8. The molecule has 0 aromatic heterocycles. The number of aliphatic carboxylic acids is 1. The van der Waals surface area contributed by atoms with Crippen molar-refractivity contribution in [3.8, 4) is 0 Å². The summed E-state index contributed by atoms with van der Waals surface area (Å²) in [6.45, 7) is 2.15. The van der Waals surface area contributed by atoms with Crippen LogP contribution in [0.1, 0.15) is 26.2 Å². The van der Waals surface area contributed by atoms with Gasteiger partial charge in [-0.2, -0.15) is 0 Å². The molecule has 2 amide bonds. The Hall–Kier alpha value is -1.63. The van der Waals surface area contributed by atoms with E-state index in [1.165, 1.54) is 0 Å². The Morgan fingerprint density at radius 3 is 2.35 bits per heavy atom. The number of primary amides is 1. The summed E-state index contributed by atoms with van der Waals surface area (Å²) in [5.74, 6) is -2.80. The first-order valence-electron chi connectivity index (χ1n) is 5.40. The molecule has 0 aromatic carbocycles. The first-order valence-corrected chi connectivity index (χ1v) is 5.40. The van der Waals surface area contributed by atoms with E-state index in [1.54, 1.807) is 6.92 Å². The third-order valence-corrected chi connectivity index (χ3v) is 2.31. The fraction of sp³-hybridized carbons (Fsp3) is 0.700. The van der Waals surface area contributed by atoms with Gasteiger partial charge in [0.25, 0.3) is 0 Å². The normalized spacial score (nSPS) is 13.8. The van der Waals surface area contributed by atoms with Gasteiger partial charge in [-0.25, -0.2) is 4.79 Å². The molecule has 0 aliphatic rings. The van der Waals surface area contributed by atoms with Crippen molar-refractivity contribution in [2.24, 2.45) is 17.4 Å². The highest BCUT2D eigenvalue weighted by molar-refractivity contribution is 5.88. The Labute approximate surface area is 99.5 Å². The average molecular weight is 245 g/mol. The van der Waals surface area contributed by atoms with Gasteiger partial charge in [-0.1, -0.05) is 6.92 Å². The minimum absolute atomic E-state index is 0.340. The molecule has 0 heterocycles. The van der Waals surface area contributed by atoms with Crippen LogP contribution in [0.2, 0.25) is 0 Å². The van der Waals surface area contributed by atoms with E-state index in [0.717, 1.165) is 0 Å². The molecule has 0 aromatic rings. The molecule has 0 fully saturated rings. The first-order chi connectivity index (χ1) is 7.88. The number of hydrogen-bond acceptors (Lipinski definition) is 4. The fourth-order valence-corrected chi connectivity index (χ4v) is 1.27. The summed E-state index contributed by atoms with van der Waals surface area (Å²) in [6.07, 6.45) is 0.845. The fourth-order valence-electron chi connectivity index (χ4n) is 1.27. The number of hydrogen-bond donors (Lipinski definition) is 4. The van der Waals surface area contributed by atoms with Crippen molar-refractivity contribution < 1.29 is 19.5 Å². The summed E-state index contributed by atoms with van der Waals surface area (Å²) in [6, 6.07) is -1.26. The molecule has 0 radical (unpaired) electrons. The second kappa shape index (κ2) is 7.61. The van der Waals surface area contributed by atoms with E-state index in [4.69, 9.17) is 16.6 Å². The van der Waals surface area contributed by atoms with Gasteiger partial charge in [-0.15, -0.1) is 0 Å². The van der Waals surface area contributed by atoms with E-state index < -0.39 is 30.2 Å². The van der Waals surface area contributed by atoms with Crippen LogP contribution in [-0.4, -0.2) is 35.5 Å². The summed E-state index contributed by atoms with van der Waals surface area (Å²) in [5.41, 5.74) is 10.2. The number of nitrogens with one attached hydrogen (secondary N) is 1. The lowest BCUT2D eigenvalue weighted by Gasteiger charge is -2.16. The molecule has 17 heavy (non-hydrogen) atoms. The molecule has 0 aliphatic carbocycles. The highest BCUT2D eigenvalue weighted by atomic mass is 16.4. The highest BCUT2D eigenvalue weighted by Crippen LogP contribution is 2.05. The number of carbonyl (C=O) groups is 3. The van der Waals surface area contributed by atoms with Crippen LogP contribution >= 0.6 is 0 Å². The Morgan fingerprint density at radius 1 is 1.35 bits per heavy atom. The molecule has 6 N–H and O–H groups in total. The molecule has 0 saturated carbocycles. The monoisotopic (exact) mass is 245 g/mol. The smallest absolute Gasteiger partial charge is 0.326 e. The van der Waals surface area contributed by atoms with E-state index in [-0.39, 0.29) is 5.92 Å². The van der Waals surface area contributed by atoms with Crippen molar-refractivity contribution in [3.63, 3.8) is 0 Å². The summed E-state index contributed by atoms with van der Waals surface area (Å²) in [5, 5.41) is 11.1. The van der Waals surface area contributed by atoms with Crippen molar-refractivity contribution in [1.82, 2.24) is 5.32 Å². The molecule has 7 heteroatoms. The van der Waals surface area contributed by atoms with Gasteiger partial charge in [0.2, 0.25) is 11.8 Å². The predicted molar refractivity (Wildman–Crippen MR) is 60.8 cm³/mol. The van der Waals surface area contributed by atoms with Crippen LogP contribution < -0.4 is 16.8 Å². The number of carbonyl (C=O) groups excluding carboxylic acids is 2. The first kappa shape index (κ1) is 15.4. The van der Waals surface area contributed by atoms with Gasteiger partial charge in [0.1, 0.15) is 6.04 Å².